The van der Waals surface area contributed by atoms with E-state index in [1.54, 1.807) is 43.4 Å². The minimum atomic E-state index is -0.678. The number of hydrogen-bond acceptors (Lipinski definition) is 7. The fraction of sp³-hybridized carbons (Fsp3) is 0.381. The smallest absolute Gasteiger partial charge is 0.257 e. The number of benzene rings is 2. The molecule has 0 saturated carbocycles. The SMILES string of the molecule is CNC(=O)COc1ccc(OCC(C)NCC(O)COc2ccc(O)cc2)cc1. The van der Waals surface area contributed by atoms with Gasteiger partial charge in [-0.2, -0.15) is 0 Å². The van der Waals surface area contributed by atoms with Crippen molar-refractivity contribution in [1.82, 2.24) is 10.6 Å². The first kappa shape index (κ1) is 22.3. The van der Waals surface area contributed by atoms with Gasteiger partial charge in [0.05, 0.1) is 0 Å². The monoisotopic (exact) mass is 404 g/mol. The van der Waals surface area contributed by atoms with Crippen molar-refractivity contribution in [2.75, 3.05) is 33.4 Å². The molecule has 4 N–H and O–H groups in total. The van der Waals surface area contributed by atoms with E-state index in [1.165, 1.54) is 12.1 Å². The molecule has 0 radical (unpaired) electrons. The molecule has 2 unspecified atom stereocenters. The minimum absolute atomic E-state index is 0.0162. The number of carbonyl (C=O) groups is 1. The number of aliphatic hydroxyl groups excluding tert-OH is 1. The van der Waals surface area contributed by atoms with Gasteiger partial charge in [-0.1, -0.05) is 0 Å². The Bertz CT molecular complexity index is 736. The molecule has 0 aliphatic rings. The molecule has 2 aromatic rings. The summed E-state index contributed by atoms with van der Waals surface area (Å²) >= 11 is 0. The van der Waals surface area contributed by atoms with Crippen molar-refractivity contribution in [2.45, 2.75) is 19.1 Å². The standard InChI is InChI=1S/C21H28N2O6/c1-15(23-11-17(25)13-28-18-5-3-16(24)4-6-18)12-27-19-7-9-20(10-8-19)29-14-21(26)22-2/h3-10,15,17,23-25H,11-14H2,1-2H3,(H,22,26). The van der Waals surface area contributed by atoms with Gasteiger partial charge in [-0.25, -0.2) is 0 Å². The molecular weight excluding hydrogens is 376 g/mol. The highest BCUT2D eigenvalue weighted by atomic mass is 16.5. The number of phenols is 1. The third kappa shape index (κ3) is 8.71. The van der Waals surface area contributed by atoms with E-state index < -0.39 is 6.10 Å². The number of amides is 1. The molecule has 158 valence electrons. The van der Waals surface area contributed by atoms with E-state index in [0.717, 1.165) is 0 Å². The van der Waals surface area contributed by atoms with Crippen LogP contribution in [0.15, 0.2) is 48.5 Å². The lowest BCUT2D eigenvalue weighted by molar-refractivity contribution is -0.122. The molecule has 0 fully saturated rings. The Labute approximate surface area is 170 Å². The Morgan fingerprint density at radius 3 is 2.03 bits per heavy atom. The summed E-state index contributed by atoms with van der Waals surface area (Å²) in [5, 5.41) is 24.9. The number of nitrogens with one attached hydrogen (secondary N) is 2. The van der Waals surface area contributed by atoms with Crippen LogP contribution in [0.25, 0.3) is 0 Å². The van der Waals surface area contributed by atoms with Crippen LogP contribution in [0.2, 0.25) is 0 Å². The van der Waals surface area contributed by atoms with Crippen LogP contribution in [0, 0.1) is 0 Å². The normalized spacial score (nSPS) is 12.7. The first-order chi connectivity index (χ1) is 14.0. The molecule has 8 nitrogen and oxygen atoms in total. The molecule has 0 saturated heterocycles. The molecule has 0 heterocycles. The van der Waals surface area contributed by atoms with Gasteiger partial charge in [-0.3, -0.25) is 4.79 Å². The summed E-state index contributed by atoms with van der Waals surface area (Å²) < 4.78 is 16.5. The average molecular weight is 404 g/mol. The topological polar surface area (TPSA) is 109 Å². The molecule has 0 aliphatic carbocycles. The van der Waals surface area contributed by atoms with E-state index in [4.69, 9.17) is 14.2 Å². The summed E-state index contributed by atoms with van der Waals surface area (Å²) in [5.74, 6) is 1.83. The quantitative estimate of drug-likeness (QED) is 0.422. The van der Waals surface area contributed by atoms with Gasteiger partial charge in [0.2, 0.25) is 0 Å². The van der Waals surface area contributed by atoms with E-state index in [2.05, 4.69) is 10.6 Å². The zero-order valence-electron chi connectivity index (χ0n) is 16.6. The molecule has 0 aromatic heterocycles. The Morgan fingerprint density at radius 2 is 1.45 bits per heavy atom. The Morgan fingerprint density at radius 1 is 0.931 bits per heavy atom. The second kappa shape index (κ2) is 11.8. The summed E-state index contributed by atoms with van der Waals surface area (Å²) in [6, 6.07) is 13.4. The van der Waals surface area contributed by atoms with Crippen LogP contribution in [0.3, 0.4) is 0 Å². The van der Waals surface area contributed by atoms with Gasteiger partial charge in [0.1, 0.15) is 42.3 Å². The molecule has 2 rings (SSSR count). The molecule has 2 aromatic carbocycles. The summed E-state index contributed by atoms with van der Waals surface area (Å²) in [4.78, 5) is 11.2. The van der Waals surface area contributed by atoms with Crippen molar-refractivity contribution in [3.05, 3.63) is 48.5 Å². The van der Waals surface area contributed by atoms with Crippen molar-refractivity contribution < 1.29 is 29.2 Å². The first-order valence-corrected chi connectivity index (χ1v) is 9.35. The van der Waals surface area contributed by atoms with Crippen molar-refractivity contribution in [1.29, 1.82) is 0 Å². The van der Waals surface area contributed by atoms with E-state index in [-0.39, 0.29) is 30.9 Å². The van der Waals surface area contributed by atoms with Gasteiger partial charge < -0.3 is 35.1 Å². The number of aliphatic hydroxyl groups is 1. The number of aromatic hydroxyl groups is 1. The van der Waals surface area contributed by atoms with E-state index >= 15 is 0 Å². The molecular formula is C21H28N2O6. The zero-order chi connectivity index (χ0) is 21.1. The second-order valence-corrected chi connectivity index (χ2v) is 6.51. The number of likely N-dealkylation sites (N-methyl/N-ethyl adjacent to an activating group) is 1. The van der Waals surface area contributed by atoms with Crippen LogP contribution in [0.5, 0.6) is 23.0 Å². The van der Waals surface area contributed by atoms with Gasteiger partial charge in [-0.05, 0) is 55.5 Å². The molecule has 1 amide bonds. The lowest BCUT2D eigenvalue weighted by atomic mass is 10.3. The lowest BCUT2D eigenvalue weighted by Gasteiger charge is -2.18. The Hall–Kier alpha value is -2.97. The highest BCUT2D eigenvalue weighted by Crippen LogP contribution is 2.18. The van der Waals surface area contributed by atoms with Crippen LogP contribution in [-0.2, 0) is 4.79 Å². The summed E-state index contributed by atoms with van der Waals surface area (Å²) in [6.07, 6.45) is -0.678. The maximum Gasteiger partial charge on any atom is 0.257 e. The maximum absolute atomic E-state index is 11.2. The average Bonchev–Trinajstić information content (AvgIpc) is 2.74. The summed E-state index contributed by atoms with van der Waals surface area (Å²) in [5.41, 5.74) is 0. The Balaban J connectivity index is 1.62. The predicted molar refractivity (Wildman–Crippen MR) is 109 cm³/mol. The van der Waals surface area contributed by atoms with Crippen molar-refractivity contribution in [3.63, 3.8) is 0 Å². The van der Waals surface area contributed by atoms with Gasteiger partial charge in [0.15, 0.2) is 6.61 Å². The number of ether oxygens (including phenoxy) is 3. The van der Waals surface area contributed by atoms with Gasteiger partial charge in [0, 0.05) is 19.6 Å². The minimum Gasteiger partial charge on any atom is -0.508 e. The molecule has 2 atom stereocenters. The number of carbonyl (C=O) groups excluding carboxylic acids is 1. The van der Waals surface area contributed by atoms with Crippen LogP contribution >= 0.6 is 0 Å². The lowest BCUT2D eigenvalue weighted by Crippen LogP contribution is -2.39. The van der Waals surface area contributed by atoms with E-state index in [1.807, 2.05) is 6.92 Å². The molecule has 8 heteroatoms. The van der Waals surface area contributed by atoms with Crippen LogP contribution in [-0.4, -0.2) is 61.7 Å². The third-order valence-electron chi connectivity index (χ3n) is 3.95. The fourth-order valence-electron chi connectivity index (χ4n) is 2.26. The summed E-state index contributed by atoms with van der Waals surface area (Å²) in [6.45, 7) is 2.84. The first-order valence-electron chi connectivity index (χ1n) is 9.35. The number of rotatable bonds is 12. The second-order valence-electron chi connectivity index (χ2n) is 6.51. The number of phenolic OH excluding ortho intramolecular Hbond substituents is 1. The van der Waals surface area contributed by atoms with Crippen molar-refractivity contribution >= 4 is 5.91 Å². The molecule has 29 heavy (non-hydrogen) atoms. The van der Waals surface area contributed by atoms with Gasteiger partial charge in [-0.15, -0.1) is 0 Å². The highest BCUT2D eigenvalue weighted by molar-refractivity contribution is 5.77. The zero-order valence-corrected chi connectivity index (χ0v) is 16.6. The van der Waals surface area contributed by atoms with Crippen LogP contribution in [0.4, 0.5) is 0 Å². The molecule has 0 spiro atoms. The fourth-order valence-corrected chi connectivity index (χ4v) is 2.26. The van der Waals surface area contributed by atoms with E-state index in [0.29, 0.717) is 30.4 Å². The summed E-state index contributed by atoms with van der Waals surface area (Å²) in [7, 11) is 1.56. The van der Waals surface area contributed by atoms with Crippen molar-refractivity contribution in [3.8, 4) is 23.0 Å². The van der Waals surface area contributed by atoms with Crippen LogP contribution < -0.4 is 24.8 Å². The molecule has 0 bridgehead atoms. The van der Waals surface area contributed by atoms with Gasteiger partial charge in [0.25, 0.3) is 5.91 Å². The Kier molecular flexibility index (Phi) is 9.07. The predicted octanol–water partition coefficient (Wildman–Crippen LogP) is 1.31. The number of hydrogen-bond donors (Lipinski definition) is 4. The van der Waals surface area contributed by atoms with Gasteiger partial charge >= 0.3 is 0 Å². The van der Waals surface area contributed by atoms with Crippen LogP contribution in [0.1, 0.15) is 6.92 Å². The van der Waals surface area contributed by atoms with Crippen molar-refractivity contribution in [2.24, 2.45) is 0 Å². The third-order valence-corrected chi connectivity index (χ3v) is 3.95. The highest BCUT2D eigenvalue weighted by Gasteiger charge is 2.09. The largest absolute Gasteiger partial charge is 0.508 e. The van der Waals surface area contributed by atoms with E-state index in [9.17, 15) is 15.0 Å². The molecule has 0 aliphatic heterocycles. The maximum atomic E-state index is 11.2.